The van der Waals surface area contributed by atoms with E-state index in [1.54, 1.807) is 11.8 Å². The van der Waals surface area contributed by atoms with Gasteiger partial charge in [-0.05, 0) is 43.7 Å². The number of aromatic nitrogens is 2. The van der Waals surface area contributed by atoms with Crippen LogP contribution in [0, 0.1) is 0 Å². The Morgan fingerprint density at radius 1 is 1.06 bits per heavy atom. The van der Waals surface area contributed by atoms with Crippen molar-refractivity contribution in [2.24, 2.45) is 0 Å². The summed E-state index contributed by atoms with van der Waals surface area (Å²) in [5.74, 6) is 0.713. The van der Waals surface area contributed by atoms with E-state index >= 15 is 0 Å². The predicted molar refractivity (Wildman–Crippen MR) is 140 cm³/mol. The number of hydrogen-bond donors (Lipinski definition) is 1. The predicted octanol–water partition coefficient (Wildman–Crippen LogP) is 4.57. The zero-order chi connectivity index (χ0) is 26.3. The summed E-state index contributed by atoms with van der Waals surface area (Å²) in [7, 11) is 1.61. The lowest BCUT2D eigenvalue weighted by molar-refractivity contribution is -0.141. The number of anilines is 1. The molecule has 0 aliphatic carbocycles. The molecule has 36 heavy (non-hydrogen) atoms. The van der Waals surface area contributed by atoms with Gasteiger partial charge in [0.05, 0.1) is 25.1 Å². The lowest BCUT2D eigenvalue weighted by Gasteiger charge is -2.26. The number of methoxy groups -OCH3 is 1. The molecule has 0 atom stereocenters. The average Bonchev–Trinajstić information content (AvgIpc) is 3.27. The normalized spacial score (nSPS) is 11.4. The van der Waals surface area contributed by atoms with E-state index in [0.29, 0.717) is 12.4 Å². The molecule has 2 amide bonds. The molecule has 8 heteroatoms. The van der Waals surface area contributed by atoms with Crippen molar-refractivity contribution in [2.45, 2.75) is 52.7 Å². The van der Waals surface area contributed by atoms with Crippen LogP contribution in [0.5, 0.6) is 5.75 Å². The van der Waals surface area contributed by atoms with Gasteiger partial charge in [0, 0.05) is 17.5 Å². The van der Waals surface area contributed by atoms with E-state index in [2.05, 4.69) is 26.1 Å². The fraction of sp³-hybridized carbons (Fsp3) is 0.393. The third-order valence-corrected chi connectivity index (χ3v) is 5.66. The fourth-order valence-electron chi connectivity index (χ4n) is 3.57. The van der Waals surface area contributed by atoms with Crippen LogP contribution in [-0.4, -0.2) is 52.8 Å². The van der Waals surface area contributed by atoms with Gasteiger partial charge in [-0.3, -0.25) is 9.59 Å². The van der Waals surface area contributed by atoms with Crippen LogP contribution in [0.15, 0.2) is 60.7 Å². The summed E-state index contributed by atoms with van der Waals surface area (Å²) in [6.45, 7) is 10.1. The highest BCUT2D eigenvalue weighted by atomic mass is 16.5. The van der Waals surface area contributed by atoms with Crippen molar-refractivity contribution in [2.75, 3.05) is 25.6 Å². The second-order valence-corrected chi connectivity index (χ2v) is 9.92. The highest BCUT2D eigenvalue weighted by Crippen LogP contribution is 2.27. The van der Waals surface area contributed by atoms with Gasteiger partial charge in [0.15, 0.2) is 0 Å². The van der Waals surface area contributed by atoms with Crippen molar-refractivity contribution in [1.29, 1.82) is 0 Å². The Morgan fingerprint density at radius 2 is 1.72 bits per heavy atom. The van der Waals surface area contributed by atoms with Crippen LogP contribution in [0.25, 0.3) is 5.69 Å². The van der Waals surface area contributed by atoms with Crippen molar-refractivity contribution < 1.29 is 19.1 Å². The Balaban J connectivity index is 1.71. The molecule has 0 saturated carbocycles. The van der Waals surface area contributed by atoms with Crippen LogP contribution in [0.3, 0.4) is 0 Å². The highest BCUT2D eigenvalue weighted by molar-refractivity contribution is 5.94. The molecule has 1 heterocycles. The number of benzene rings is 2. The largest absolute Gasteiger partial charge is 0.497 e. The summed E-state index contributed by atoms with van der Waals surface area (Å²) in [5.41, 5.74) is 2.39. The molecule has 0 bridgehead atoms. The molecule has 8 nitrogen and oxygen atoms in total. The SMILES string of the molecule is COc1ccc(-n2nc(C(C)(C)C)cc2NC(=O)CN(C(=O)COCc2ccccc2)C(C)C)cc1. The molecule has 2 aromatic carbocycles. The smallest absolute Gasteiger partial charge is 0.249 e. The molecule has 3 rings (SSSR count). The van der Waals surface area contributed by atoms with E-state index in [0.717, 1.165) is 22.7 Å². The van der Waals surface area contributed by atoms with Crippen LogP contribution in [0.1, 0.15) is 45.9 Å². The van der Waals surface area contributed by atoms with Gasteiger partial charge in [-0.25, -0.2) is 4.68 Å². The molecular weight excluding hydrogens is 456 g/mol. The molecule has 3 aromatic rings. The van der Waals surface area contributed by atoms with Gasteiger partial charge in [-0.1, -0.05) is 51.1 Å². The Bertz CT molecular complexity index is 1150. The summed E-state index contributed by atoms with van der Waals surface area (Å²) in [6, 6.07) is 18.8. The molecule has 0 radical (unpaired) electrons. The number of rotatable bonds is 10. The highest BCUT2D eigenvalue weighted by Gasteiger charge is 2.24. The van der Waals surface area contributed by atoms with Crippen LogP contribution in [-0.2, 0) is 26.3 Å². The third kappa shape index (κ3) is 7.18. The number of carbonyl (C=O) groups excluding carboxylic acids is 2. The molecule has 0 unspecified atom stereocenters. The summed E-state index contributed by atoms with van der Waals surface area (Å²) in [5, 5.41) is 7.69. The molecule has 192 valence electrons. The van der Waals surface area contributed by atoms with E-state index in [4.69, 9.17) is 14.6 Å². The zero-order valence-corrected chi connectivity index (χ0v) is 21.9. The number of hydrogen-bond acceptors (Lipinski definition) is 5. The lowest BCUT2D eigenvalue weighted by atomic mass is 9.92. The van der Waals surface area contributed by atoms with E-state index in [1.807, 2.05) is 74.5 Å². The van der Waals surface area contributed by atoms with Gasteiger partial charge in [-0.2, -0.15) is 5.10 Å². The summed E-state index contributed by atoms with van der Waals surface area (Å²) >= 11 is 0. The first-order chi connectivity index (χ1) is 17.1. The summed E-state index contributed by atoms with van der Waals surface area (Å²) < 4.78 is 12.6. The van der Waals surface area contributed by atoms with E-state index < -0.39 is 0 Å². The van der Waals surface area contributed by atoms with E-state index in [-0.39, 0.29) is 36.4 Å². The van der Waals surface area contributed by atoms with Crippen molar-refractivity contribution in [3.05, 3.63) is 71.9 Å². The van der Waals surface area contributed by atoms with Gasteiger partial charge in [0.2, 0.25) is 11.8 Å². The third-order valence-electron chi connectivity index (χ3n) is 5.66. The van der Waals surface area contributed by atoms with Crippen molar-refractivity contribution in [1.82, 2.24) is 14.7 Å². The number of ether oxygens (including phenoxy) is 2. The minimum Gasteiger partial charge on any atom is -0.497 e. The van der Waals surface area contributed by atoms with Crippen molar-refractivity contribution in [3.63, 3.8) is 0 Å². The quantitative estimate of drug-likeness (QED) is 0.448. The van der Waals surface area contributed by atoms with Crippen molar-refractivity contribution in [3.8, 4) is 11.4 Å². The Kier molecular flexibility index (Phi) is 8.88. The minimum absolute atomic E-state index is 0.0934. The van der Waals surface area contributed by atoms with Gasteiger partial charge < -0.3 is 19.7 Å². The lowest BCUT2D eigenvalue weighted by Crippen LogP contribution is -2.44. The maximum atomic E-state index is 13.1. The molecule has 1 aromatic heterocycles. The molecule has 0 saturated heterocycles. The van der Waals surface area contributed by atoms with E-state index in [1.165, 1.54) is 4.90 Å². The first-order valence-corrected chi connectivity index (χ1v) is 12.0. The Hall–Kier alpha value is -3.65. The number of nitrogens with one attached hydrogen (secondary N) is 1. The van der Waals surface area contributed by atoms with Crippen LogP contribution in [0.2, 0.25) is 0 Å². The zero-order valence-electron chi connectivity index (χ0n) is 21.9. The molecule has 1 N–H and O–H groups in total. The first kappa shape index (κ1) is 26.9. The van der Waals surface area contributed by atoms with E-state index in [9.17, 15) is 9.59 Å². The fourth-order valence-corrected chi connectivity index (χ4v) is 3.57. The summed E-state index contributed by atoms with van der Waals surface area (Å²) in [6.07, 6.45) is 0. The van der Waals surface area contributed by atoms with Crippen LogP contribution >= 0.6 is 0 Å². The first-order valence-electron chi connectivity index (χ1n) is 12.0. The molecular formula is C28H36N4O4. The summed E-state index contributed by atoms with van der Waals surface area (Å²) in [4.78, 5) is 27.4. The van der Waals surface area contributed by atoms with Gasteiger partial charge in [0.1, 0.15) is 24.7 Å². The second-order valence-electron chi connectivity index (χ2n) is 9.92. The molecule has 0 aliphatic rings. The molecule has 0 fully saturated rings. The number of amides is 2. The second kappa shape index (κ2) is 11.9. The maximum Gasteiger partial charge on any atom is 0.249 e. The topological polar surface area (TPSA) is 85.7 Å². The monoisotopic (exact) mass is 492 g/mol. The maximum absolute atomic E-state index is 13.1. The number of carbonyl (C=O) groups is 2. The average molecular weight is 493 g/mol. The minimum atomic E-state index is -0.310. The Morgan fingerprint density at radius 3 is 2.31 bits per heavy atom. The van der Waals surface area contributed by atoms with Crippen LogP contribution < -0.4 is 10.1 Å². The van der Waals surface area contributed by atoms with Gasteiger partial charge in [0.25, 0.3) is 0 Å². The molecule has 0 spiro atoms. The standard InChI is InChI=1S/C28H36N4O4/c1-20(2)31(27(34)19-36-18-21-10-8-7-9-11-21)17-26(33)29-25-16-24(28(3,4)5)30-32(25)22-12-14-23(35-6)15-13-22/h7-16,20H,17-19H2,1-6H3,(H,29,33). The van der Waals surface area contributed by atoms with Gasteiger partial charge in [-0.15, -0.1) is 0 Å². The van der Waals surface area contributed by atoms with Crippen LogP contribution in [0.4, 0.5) is 5.82 Å². The van der Waals surface area contributed by atoms with Crippen molar-refractivity contribution >= 4 is 17.6 Å². The number of nitrogens with zero attached hydrogens (tertiary/aromatic N) is 3. The Labute approximate surface area is 213 Å². The van der Waals surface area contributed by atoms with Gasteiger partial charge >= 0.3 is 0 Å². The molecule has 0 aliphatic heterocycles.